The highest BCUT2D eigenvalue weighted by Crippen LogP contribution is 2.13. The van der Waals surface area contributed by atoms with Crippen molar-refractivity contribution in [1.29, 1.82) is 0 Å². The Labute approximate surface area is 109 Å². The summed E-state index contributed by atoms with van der Waals surface area (Å²) in [5, 5.41) is 0. The molecule has 0 heterocycles. The van der Waals surface area contributed by atoms with Crippen LogP contribution >= 0.6 is 0 Å². The molecule has 0 aliphatic rings. The van der Waals surface area contributed by atoms with Crippen molar-refractivity contribution in [2.75, 3.05) is 26.7 Å². The molecule has 0 aromatic heterocycles. The van der Waals surface area contributed by atoms with Crippen molar-refractivity contribution < 1.29 is 9.53 Å². The molecule has 0 saturated carbocycles. The van der Waals surface area contributed by atoms with Gasteiger partial charge in [0.2, 0.25) is 0 Å². The number of hydrogen-bond acceptors (Lipinski definition) is 3. The van der Waals surface area contributed by atoms with Crippen molar-refractivity contribution in [3.05, 3.63) is 29.8 Å². The molecule has 0 aliphatic carbocycles. The van der Waals surface area contributed by atoms with E-state index in [1.165, 1.54) is 0 Å². The van der Waals surface area contributed by atoms with E-state index in [0.717, 1.165) is 31.7 Å². The van der Waals surface area contributed by atoms with Crippen LogP contribution in [-0.4, -0.2) is 37.6 Å². The van der Waals surface area contributed by atoms with Crippen molar-refractivity contribution in [3.63, 3.8) is 0 Å². The van der Waals surface area contributed by atoms with Crippen molar-refractivity contribution in [3.8, 4) is 5.75 Å². The molecule has 18 heavy (non-hydrogen) atoms. The number of carbonyl (C=O) groups excluding carboxylic acids is 1. The van der Waals surface area contributed by atoms with Crippen molar-refractivity contribution in [1.82, 2.24) is 4.90 Å². The van der Waals surface area contributed by atoms with E-state index < -0.39 is 0 Å². The van der Waals surface area contributed by atoms with E-state index >= 15 is 0 Å². The monoisotopic (exact) mass is 250 g/mol. The first-order chi connectivity index (χ1) is 8.72. The minimum atomic E-state index is 0.0629. The van der Waals surface area contributed by atoms with E-state index in [0.29, 0.717) is 12.1 Å². The number of methoxy groups -OCH3 is 1. The summed E-state index contributed by atoms with van der Waals surface area (Å²) in [6.45, 7) is 4.16. The lowest BCUT2D eigenvalue weighted by atomic mass is 10.2. The highest BCUT2D eigenvalue weighted by molar-refractivity contribution is 5.94. The van der Waals surface area contributed by atoms with Crippen LogP contribution in [0.5, 0.6) is 5.75 Å². The number of nitrogens with two attached hydrogens (primary N) is 1. The molecule has 1 aromatic carbocycles. The summed E-state index contributed by atoms with van der Waals surface area (Å²) in [7, 11) is 1.61. The fourth-order valence-electron chi connectivity index (χ4n) is 1.78. The summed E-state index contributed by atoms with van der Waals surface area (Å²) in [5.41, 5.74) is 6.19. The maximum atomic E-state index is 12.3. The molecule has 0 bridgehead atoms. The molecular formula is C14H22N2O2. The van der Waals surface area contributed by atoms with Gasteiger partial charge in [-0.05, 0) is 43.7 Å². The molecule has 0 saturated heterocycles. The largest absolute Gasteiger partial charge is 0.497 e. The maximum Gasteiger partial charge on any atom is 0.253 e. The van der Waals surface area contributed by atoms with Crippen LogP contribution in [0.1, 0.15) is 30.1 Å². The Hall–Kier alpha value is -1.55. The van der Waals surface area contributed by atoms with E-state index in [9.17, 15) is 4.79 Å². The summed E-state index contributed by atoms with van der Waals surface area (Å²) in [5.74, 6) is 0.823. The Morgan fingerprint density at radius 3 is 2.44 bits per heavy atom. The van der Waals surface area contributed by atoms with Gasteiger partial charge in [-0.25, -0.2) is 0 Å². The van der Waals surface area contributed by atoms with E-state index in [1.807, 2.05) is 4.90 Å². The number of hydrogen-bond donors (Lipinski definition) is 1. The smallest absolute Gasteiger partial charge is 0.253 e. The lowest BCUT2D eigenvalue weighted by molar-refractivity contribution is 0.0754. The molecular weight excluding hydrogens is 228 g/mol. The molecule has 0 spiro atoms. The van der Waals surface area contributed by atoms with Crippen LogP contribution in [0.25, 0.3) is 0 Å². The van der Waals surface area contributed by atoms with Crippen molar-refractivity contribution in [2.45, 2.75) is 19.8 Å². The van der Waals surface area contributed by atoms with Crippen LogP contribution in [0.3, 0.4) is 0 Å². The fourth-order valence-corrected chi connectivity index (χ4v) is 1.78. The SMILES string of the molecule is CCCN(CCCN)C(=O)c1ccc(OC)cc1. The summed E-state index contributed by atoms with van der Waals surface area (Å²) < 4.78 is 5.08. The predicted octanol–water partition coefficient (Wildman–Crippen LogP) is 1.90. The Balaban J connectivity index is 2.73. The topological polar surface area (TPSA) is 55.6 Å². The molecule has 4 heteroatoms. The summed E-state index contributed by atoms with van der Waals surface area (Å²) in [6.07, 6.45) is 1.79. The van der Waals surface area contributed by atoms with Crippen LogP contribution in [0.2, 0.25) is 0 Å². The van der Waals surface area contributed by atoms with E-state index in [1.54, 1.807) is 31.4 Å². The average Bonchev–Trinajstić information content (AvgIpc) is 2.43. The van der Waals surface area contributed by atoms with Crippen molar-refractivity contribution in [2.24, 2.45) is 5.73 Å². The minimum absolute atomic E-state index is 0.0629. The third kappa shape index (κ3) is 4.04. The average molecular weight is 250 g/mol. The zero-order chi connectivity index (χ0) is 13.4. The van der Waals surface area contributed by atoms with Gasteiger partial charge in [0, 0.05) is 18.7 Å². The molecule has 0 unspecified atom stereocenters. The lowest BCUT2D eigenvalue weighted by Crippen LogP contribution is -2.33. The Kier molecular flexibility index (Phi) is 6.22. The van der Waals surface area contributed by atoms with Gasteiger partial charge in [0.1, 0.15) is 5.75 Å². The van der Waals surface area contributed by atoms with Crippen LogP contribution in [-0.2, 0) is 0 Å². The summed E-state index contributed by atoms with van der Waals surface area (Å²) >= 11 is 0. The van der Waals surface area contributed by atoms with Gasteiger partial charge in [-0.1, -0.05) is 6.92 Å². The zero-order valence-electron chi connectivity index (χ0n) is 11.2. The number of carbonyl (C=O) groups is 1. The van der Waals surface area contributed by atoms with Gasteiger partial charge >= 0.3 is 0 Å². The predicted molar refractivity (Wildman–Crippen MR) is 72.9 cm³/mol. The van der Waals surface area contributed by atoms with Crippen molar-refractivity contribution >= 4 is 5.91 Å². The lowest BCUT2D eigenvalue weighted by Gasteiger charge is -2.22. The van der Waals surface area contributed by atoms with Gasteiger partial charge in [-0.2, -0.15) is 0 Å². The Bertz CT molecular complexity index is 363. The molecule has 1 rings (SSSR count). The molecule has 0 atom stereocenters. The van der Waals surface area contributed by atoms with Crippen LogP contribution in [0.15, 0.2) is 24.3 Å². The third-order valence-corrected chi connectivity index (χ3v) is 2.75. The Morgan fingerprint density at radius 1 is 1.28 bits per heavy atom. The normalized spacial score (nSPS) is 10.2. The molecule has 100 valence electrons. The van der Waals surface area contributed by atoms with E-state index in [-0.39, 0.29) is 5.91 Å². The first-order valence-electron chi connectivity index (χ1n) is 6.36. The molecule has 0 radical (unpaired) electrons. The number of benzene rings is 1. The standard InChI is InChI=1S/C14H22N2O2/c1-3-10-16(11-4-9-15)14(17)12-5-7-13(18-2)8-6-12/h5-8H,3-4,9-11,15H2,1-2H3. The molecule has 0 aliphatic heterocycles. The first kappa shape index (κ1) is 14.5. The van der Waals surface area contributed by atoms with Gasteiger partial charge in [-0.15, -0.1) is 0 Å². The van der Waals surface area contributed by atoms with E-state index in [4.69, 9.17) is 10.5 Å². The molecule has 1 aromatic rings. The van der Waals surface area contributed by atoms with Crippen LogP contribution in [0, 0.1) is 0 Å². The highest BCUT2D eigenvalue weighted by atomic mass is 16.5. The van der Waals surface area contributed by atoms with Gasteiger partial charge < -0.3 is 15.4 Å². The summed E-state index contributed by atoms with van der Waals surface area (Å²) in [4.78, 5) is 14.1. The van der Waals surface area contributed by atoms with Crippen LogP contribution in [0.4, 0.5) is 0 Å². The summed E-state index contributed by atoms with van der Waals surface area (Å²) in [6, 6.07) is 7.21. The second kappa shape index (κ2) is 7.71. The Morgan fingerprint density at radius 2 is 1.94 bits per heavy atom. The quantitative estimate of drug-likeness (QED) is 0.804. The van der Waals surface area contributed by atoms with Gasteiger partial charge in [-0.3, -0.25) is 4.79 Å². The highest BCUT2D eigenvalue weighted by Gasteiger charge is 2.14. The molecule has 2 N–H and O–H groups in total. The third-order valence-electron chi connectivity index (χ3n) is 2.75. The molecule has 1 amide bonds. The molecule has 0 fully saturated rings. The van der Waals surface area contributed by atoms with Gasteiger partial charge in [0.15, 0.2) is 0 Å². The van der Waals surface area contributed by atoms with Gasteiger partial charge in [0.05, 0.1) is 7.11 Å². The van der Waals surface area contributed by atoms with Crippen LogP contribution < -0.4 is 10.5 Å². The fraction of sp³-hybridized carbons (Fsp3) is 0.500. The maximum absolute atomic E-state index is 12.3. The van der Waals surface area contributed by atoms with Gasteiger partial charge in [0.25, 0.3) is 5.91 Å². The number of ether oxygens (including phenoxy) is 1. The molecule has 4 nitrogen and oxygen atoms in total. The first-order valence-corrected chi connectivity index (χ1v) is 6.36. The number of amides is 1. The second-order valence-electron chi connectivity index (χ2n) is 4.16. The van der Waals surface area contributed by atoms with E-state index in [2.05, 4.69) is 6.92 Å². The zero-order valence-corrected chi connectivity index (χ0v) is 11.2. The number of rotatable bonds is 7. The number of nitrogens with zero attached hydrogens (tertiary/aromatic N) is 1. The second-order valence-corrected chi connectivity index (χ2v) is 4.16. The minimum Gasteiger partial charge on any atom is -0.497 e.